The van der Waals surface area contributed by atoms with Crippen molar-refractivity contribution in [1.82, 2.24) is 4.31 Å². The topological polar surface area (TPSA) is 57.7 Å². The Balaban J connectivity index is 1.64. The largest absolute Gasteiger partial charge is 0.311 e. The molecule has 1 aliphatic heterocycles. The van der Waals surface area contributed by atoms with E-state index in [9.17, 15) is 13.2 Å². The molecule has 0 radical (unpaired) electrons. The van der Waals surface area contributed by atoms with Crippen LogP contribution in [0.1, 0.15) is 20.8 Å². The zero-order chi connectivity index (χ0) is 19.7. The van der Waals surface area contributed by atoms with Gasteiger partial charge in [0.2, 0.25) is 10.0 Å². The van der Waals surface area contributed by atoms with Crippen LogP contribution in [0.4, 0.5) is 5.69 Å². The molecule has 0 bridgehead atoms. The van der Waals surface area contributed by atoms with Crippen molar-refractivity contribution in [2.75, 3.05) is 18.5 Å². The Kier molecular flexibility index (Phi) is 5.05. The molecule has 144 valence electrons. The monoisotopic (exact) mass is 412 g/mol. The molecule has 28 heavy (non-hydrogen) atoms. The Morgan fingerprint density at radius 1 is 1.00 bits per heavy atom. The smallest absolute Gasteiger partial charge is 0.269 e. The summed E-state index contributed by atoms with van der Waals surface area (Å²) in [5.41, 5.74) is 2.91. The number of para-hydroxylation sites is 1. The van der Waals surface area contributed by atoms with Crippen LogP contribution in [0.25, 0.3) is 0 Å². The highest BCUT2D eigenvalue weighted by Gasteiger charge is 2.33. The lowest BCUT2D eigenvalue weighted by Gasteiger charge is -2.28. The average Bonchev–Trinajstić information content (AvgIpc) is 3.24. The standard InChI is InChI=1S/C21H20N2O3S2/c1-22(18-9-3-2-4-10-18)21(24)20-19(12-14-27-20)28(25,26)23-13-11-16-7-5-6-8-17(16)15-23/h2-10,12,14H,11,13,15H2,1H3. The summed E-state index contributed by atoms with van der Waals surface area (Å²) in [6.07, 6.45) is 0.673. The number of benzene rings is 2. The summed E-state index contributed by atoms with van der Waals surface area (Å²) in [7, 11) is -2.10. The summed E-state index contributed by atoms with van der Waals surface area (Å²) in [5, 5.41) is 1.66. The summed E-state index contributed by atoms with van der Waals surface area (Å²) in [6.45, 7) is 0.744. The zero-order valence-electron chi connectivity index (χ0n) is 15.4. The van der Waals surface area contributed by atoms with Gasteiger partial charge in [0.05, 0.1) is 0 Å². The molecule has 1 amide bonds. The maximum Gasteiger partial charge on any atom is 0.269 e. The number of rotatable bonds is 4. The zero-order valence-corrected chi connectivity index (χ0v) is 17.0. The van der Waals surface area contributed by atoms with Crippen molar-refractivity contribution in [2.24, 2.45) is 0 Å². The molecule has 0 saturated carbocycles. The molecule has 0 N–H and O–H groups in total. The molecule has 0 spiro atoms. The number of sulfonamides is 1. The van der Waals surface area contributed by atoms with Crippen LogP contribution in [0.2, 0.25) is 0 Å². The number of nitrogens with zero attached hydrogens (tertiary/aromatic N) is 2. The first-order valence-corrected chi connectivity index (χ1v) is 11.3. The van der Waals surface area contributed by atoms with Gasteiger partial charge in [-0.15, -0.1) is 11.3 Å². The van der Waals surface area contributed by atoms with Crippen LogP contribution in [-0.2, 0) is 23.0 Å². The average molecular weight is 413 g/mol. The first-order chi connectivity index (χ1) is 13.5. The minimum Gasteiger partial charge on any atom is -0.311 e. The van der Waals surface area contributed by atoms with E-state index < -0.39 is 10.0 Å². The first-order valence-electron chi connectivity index (χ1n) is 8.96. The van der Waals surface area contributed by atoms with E-state index in [1.165, 1.54) is 20.8 Å². The van der Waals surface area contributed by atoms with Crippen LogP contribution in [0.5, 0.6) is 0 Å². The number of carbonyl (C=O) groups excluding carboxylic acids is 1. The minimum atomic E-state index is -3.76. The number of hydrogen-bond acceptors (Lipinski definition) is 4. The van der Waals surface area contributed by atoms with Gasteiger partial charge in [-0.3, -0.25) is 4.79 Å². The molecular weight excluding hydrogens is 392 g/mol. The van der Waals surface area contributed by atoms with Gasteiger partial charge in [-0.25, -0.2) is 8.42 Å². The molecule has 1 aliphatic rings. The van der Waals surface area contributed by atoms with Crippen LogP contribution in [0, 0.1) is 0 Å². The van der Waals surface area contributed by atoms with Crippen LogP contribution < -0.4 is 4.90 Å². The molecule has 4 rings (SSSR count). The molecule has 5 nitrogen and oxygen atoms in total. The quantitative estimate of drug-likeness (QED) is 0.655. The summed E-state index contributed by atoms with van der Waals surface area (Å²) in [5.74, 6) is -0.322. The molecule has 3 aromatic rings. The van der Waals surface area contributed by atoms with Gasteiger partial charge in [0.15, 0.2) is 0 Å². The molecule has 7 heteroatoms. The molecule has 0 unspecified atom stereocenters. The molecule has 2 heterocycles. The van der Waals surface area contributed by atoms with Crippen molar-refractivity contribution < 1.29 is 13.2 Å². The number of carbonyl (C=O) groups is 1. The Hall–Kier alpha value is -2.48. The number of anilines is 1. The van der Waals surface area contributed by atoms with E-state index in [1.54, 1.807) is 12.4 Å². The Bertz CT molecular complexity index is 1110. The number of thiophene rings is 1. The molecule has 0 saturated heterocycles. The maximum atomic E-state index is 13.3. The van der Waals surface area contributed by atoms with Gasteiger partial charge in [-0.2, -0.15) is 4.31 Å². The highest BCUT2D eigenvalue weighted by molar-refractivity contribution is 7.89. The second kappa shape index (κ2) is 7.50. The molecular formula is C21H20N2O3S2. The van der Waals surface area contributed by atoms with Crippen molar-refractivity contribution >= 4 is 33.0 Å². The second-order valence-corrected chi connectivity index (χ2v) is 9.49. The van der Waals surface area contributed by atoms with Crippen molar-refractivity contribution in [3.05, 3.63) is 82.0 Å². The molecule has 2 aromatic carbocycles. The second-order valence-electron chi connectivity index (χ2n) is 6.67. The normalized spacial score (nSPS) is 14.5. The van der Waals surface area contributed by atoms with E-state index in [0.717, 1.165) is 22.6 Å². The van der Waals surface area contributed by atoms with E-state index in [4.69, 9.17) is 0 Å². The summed E-state index contributed by atoms with van der Waals surface area (Å²) in [6, 6.07) is 18.6. The van der Waals surface area contributed by atoms with E-state index >= 15 is 0 Å². The predicted molar refractivity (Wildman–Crippen MR) is 111 cm³/mol. The summed E-state index contributed by atoms with van der Waals surface area (Å²) < 4.78 is 28.1. The molecule has 0 fully saturated rings. The van der Waals surface area contributed by atoms with Crippen molar-refractivity contribution in [3.63, 3.8) is 0 Å². The highest BCUT2D eigenvalue weighted by atomic mass is 32.2. The Labute approximate surface area is 168 Å². The van der Waals surface area contributed by atoms with Crippen LogP contribution >= 0.6 is 11.3 Å². The van der Waals surface area contributed by atoms with E-state index in [0.29, 0.717) is 19.5 Å². The van der Waals surface area contributed by atoms with Gasteiger partial charge >= 0.3 is 0 Å². The van der Waals surface area contributed by atoms with Gasteiger partial charge in [0, 0.05) is 25.8 Å². The van der Waals surface area contributed by atoms with Gasteiger partial charge in [0.1, 0.15) is 9.77 Å². The fourth-order valence-corrected chi connectivity index (χ4v) is 6.18. The lowest BCUT2D eigenvalue weighted by atomic mass is 10.0. The molecule has 0 aliphatic carbocycles. The lowest BCUT2D eigenvalue weighted by molar-refractivity contribution is 0.0994. The third kappa shape index (κ3) is 3.37. The van der Waals surface area contributed by atoms with E-state index in [1.807, 2.05) is 54.6 Å². The van der Waals surface area contributed by atoms with Gasteiger partial charge in [-0.1, -0.05) is 42.5 Å². The summed E-state index contributed by atoms with van der Waals surface area (Å²) in [4.78, 5) is 14.8. The number of hydrogen-bond donors (Lipinski definition) is 0. The van der Waals surface area contributed by atoms with Crippen LogP contribution in [-0.4, -0.2) is 32.2 Å². The number of fused-ring (bicyclic) bond motifs is 1. The maximum absolute atomic E-state index is 13.3. The third-order valence-corrected chi connectivity index (χ3v) is 7.90. The highest BCUT2D eigenvalue weighted by Crippen LogP contribution is 2.30. The van der Waals surface area contributed by atoms with Crippen molar-refractivity contribution in [2.45, 2.75) is 17.9 Å². The third-order valence-electron chi connectivity index (χ3n) is 4.98. The van der Waals surface area contributed by atoms with Crippen LogP contribution in [0.15, 0.2) is 70.9 Å². The fraction of sp³-hybridized carbons (Fsp3) is 0.190. The van der Waals surface area contributed by atoms with Gasteiger partial charge in [-0.05, 0) is 41.1 Å². The van der Waals surface area contributed by atoms with Gasteiger partial charge < -0.3 is 4.90 Å². The van der Waals surface area contributed by atoms with Crippen molar-refractivity contribution in [3.8, 4) is 0 Å². The molecule has 1 aromatic heterocycles. The predicted octanol–water partition coefficient (Wildman–Crippen LogP) is 3.77. The SMILES string of the molecule is CN(C(=O)c1sccc1S(=O)(=O)N1CCc2ccccc2C1)c1ccccc1. The molecule has 0 atom stereocenters. The van der Waals surface area contributed by atoms with Crippen LogP contribution in [0.3, 0.4) is 0 Å². The van der Waals surface area contributed by atoms with E-state index in [-0.39, 0.29) is 15.7 Å². The fourth-order valence-electron chi connectivity index (χ4n) is 3.39. The van der Waals surface area contributed by atoms with Gasteiger partial charge in [0.25, 0.3) is 5.91 Å². The van der Waals surface area contributed by atoms with E-state index in [2.05, 4.69) is 0 Å². The lowest BCUT2D eigenvalue weighted by Crippen LogP contribution is -2.37. The Morgan fingerprint density at radius 2 is 1.68 bits per heavy atom. The Morgan fingerprint density at radius 3 is 2.43 bits per heavy atom. The summed E-state index contributed by atoms with van der Waals surface area (Å²) >= 11 is 1.16. The van der Waals surface area contributed by atoms with Crippen molar-refractivity contribution in [1.29, 1.82) is 0 Å². The minimum absolute atomic E-state index is 0.0877. The first kappa shape index (κ1) is 18.9. The number of amides is 1.